The molecular formula is C16H24ClNO2. The Bertz CT molecular complexity index is 452. The van der Waals surface area contributed by atoms with E-state index in [1.54, 1.807) is 0 Å². The SMILES string of the molecule is CC(C)(C)OCC(O)CNC1(c2cccc(Cl)c2)CC1. The molecule has 0 amide bonds. The second kappa shape index (κ2) is 6.02. The Hall–Kier alpha value is -0.610. The molecule has 0 saturated heterocycles. The van der Waals surface area contributed by atoms with E-state index in [-0.39, 0.29) is 11.1 Å². The van der Waals surface area contributed by atoms with E-state index in [0.717, 1.165) is 17.9 Å². The summed E-state index contributed by atoms with van der Waals surface area (Å²) in [6, 6.07) is 7.94. The minimum Gasteiger partial charge on any atom is -0.389 e. The summed E-state index contributed by atoms with van der Waals surface area (Å²) in [5.74, 6) is 0. The van der Waals surface area contributed by atoms with Crippen molar-refractivity contribution in [2.24, 2.45) is 0 Å². The Morgan fingerprint density at radius 3 is 2.65 bits per heavy atom. The van der Waals surface area contributed by atoms with Gasteiger partial charge in [-0.1, -0.05) is 23.7 Å². The zero-order valence-electron chi connectivity index (χ0n) is 12.4. The third-order valence-electron chi connectivity index (χ3n) is 3.51. The normalized spacial score (nSPS) is 18.9. The van der Waals surface area contributed by atoms with Crippen LogP contribution >= 0.6 is 11.6 Å². The second-order valence-electron chi connectivity index (χ2n) is 6.55. The van der Waals surface area contributed by atoms with Gasteiger partial charge in [0.15, 0.2) is 0 Å². The predicted octanol–water partition coefficient (Wildman–Crippen LogP) is 3.09. The molecule has 1 fully saturated rings. The summed E-state index contributed by atoms with van der Waals surface area (Å²) in [6.45, 7) is 6.84. The molecule has 2 N–H and O–H groups in total. The zero-order chi connectivity index (χ0) is 14.8. The van der Waals surface area contributed by atoms with Crippen LogP contribution in [0.3, 0.4) is 0 Å². The van der Waals surface area contributed by atoms with E-state index in [4.69, 9.17) is 16.3 Å². The van der Waals surface area contributed by atoms with Gasteiger partial charge in [-0.25, -0.2) is 0 Å². The quantitative estimate of drug-likeness (QED) is 0.848. The maximum Gasteiger partial charge on any atom is 0.0898 e. The highest BCUT2D eigenvalue weighted by Crippen LogP contribution is 2.45. The van der Waals surface area contributed by atoms with Crippen LogP contribution in [0.2, 0.25) is 5.02 Å². The molecule has 1 saturated carbocycles. The van der Waals surface area contributed by atoms with Crippen LogP contribution in [0.25, 0.3) is 0 Å². The van der Waals surface area contributed by atoms with Crippen LogP contribution in [0.1, 0.15) is 39.2 Å². The van der Waals surface area contributed by atoms with Crippen LogP contribution < -0.4 is 5.32 Å². The molecule has 1 atom stereocenters. The van der Waals surface area contributed by atoms with E-state index >= 15 is 0 Å². The lowest BCUT2D eigenvalue weighted by molar-refractivity contribution is -0.0486. The number of aliphatic hydroxyl groups is 1. The number of halogens is 1. The van der Waals surface area contributed by atoms with Crippen molar-refractivity contribution in [1.29, 1.82) is 0 Å². The molecule has 1 aliphatic rings. The third kappa shape index (κ3) is 4.45. The Kier molecular flexibility index (Phi) is 4.75. The van der Waals surface area contributed by atoms with Crippen LogP contribution in [-0.4, -0.2) is 30.0 Å². The van der Waals surface area contributed by atoms with Gasteiger partial charge in [0.05, 0.1) is 18.3 Å². The molecule has 0 aliphatic heterocycles. The number of nitrogens with one attached hydrogen (secondary N) is 1. The van der Waals surface area contributed by atoms with Gasteiger partial charge in [-0.15, -0.1) is 0 Å². The van der Waals surface area contributed by atoms with Crippen molar-refractivity contribution >= 4 is 11.6 Å². The number of hydrogen-bond donors (Lipinski definition) is 2. The Morgan fingerprint density at radius 1 is 1.40 bits per heavy atom. The Morgan fingerprint density at radius 2 is 2.10 bits per heavy atom. The molecule has 3 nitrogen and oxygen atoms in total. The predicted molar refractivity (Wildman–Crippen MR) is 82.1 cm³/mol. The Labute approximate surface area is 126 Å². The molecule has 0 spiro atoms. The standard InChI is InChI=1S/C16H24ClNO2/c1-15(2,3)20-11-14(19)10-18-16(7-8-16)12-5-4-6-13(17)9-12/h4-6,9,14,18-19H,7-8,10-11H2,1-3H3. The first-order valence-corrected chi connectivity index (χ1v) is 7.52. The van der Waals surface area contributed by atoms with Crippen LogP contribution in [-0.2, 0) is 10.3 Å². The first-order chi connectivity index (χ1) is 9.31. The van der Waals surface area contributed by atoms with E-state index in [1.165, 1.54) is 5.56 Å². The minimum atomic E-state index is -0.495. The number of hydrogen-bond acceptors (Lipinski definition) is 3. The molecule has 112 valence electrons. The molecule has 1 aliphatic carbocycles. The van der Waals surface area contributed by atoms with Gasteiger partial charge >= 0.3 is 0 Å². The highest BCUT2D eigenvalue weighted by atomic mass is 35.5. The molecule has 2 rings (SSSR count). The van der Waals surface area contributed by atoms with Crippen LogP contribution in [0.5, 0.6) is 0 Å². The summed E-state index contributed by atoms with van der Waals surface area (Å²) in [5, 5.41) is 14.2. The van der Waals surface area contributed by atoms with Crippen molar-refractivity contribution in [2.45, 2.75) is 50.9 Å². The van der Waals surface area contributed by atoms with Gasteiger partial charge in [0.25, 0.3) is 0 Å². The van der Waals surface area contributed by atoms with E-state index in [9.17, 15) is 5.11 Å². The van der Waals surface area contributed by atoms with Crippen molar-refractivity contribution in [3.8, 4) is 0 Å². The van der Waals surface area contributed by atoms with E-state index in [0.29, 0.717) is 13.2 Å². The summed E-state index contributed by atoms with van der Waals surface area (Å²) in [6.07, 6.45) is 1.67. The first-order valence-electron chi connectivity index (χ1n) is 7.14. The molecule has 0 bridgehead atoms. The highest BCUT2D eigenvalue weighted by molar-refractivity contribution is 6.30. The van der Waals surface area contributed by atoms with Crippen molar-refractivity contribution in [2.75, 3.05) is 13.2 Å². The Balaban J connectivity index is 1.84. The summed E-state index contributed by atoms with van der Waals surface area (Å²) in [4.78, 5) is 0. The molecule has 0 radical (unpaired) electrons. The zero-order valence-corrected chi connectivity index (χ0v) is 13.2. The summed E-state index contributed by atoms with van der Waals surface area (Å²) < 4.78 is 5.59. The lowest BCUT2D eigenvalue weighted by Crippen LogP contribution is -2.39. The van der Waals surface area contributed by atoms with Gasteiger partial charge in [-0.3, -0.25) is 0 Å². The van der Waals surface area contributed by atoms with E-state index in [1.807, 2.05) is 39.0 Å². The van der Waals surface area contributed by atoms with Crippen molar-refractivity contribution in [1.82, 2.24) is 5.32 Å². The van der Waals surface area contributed by atoms with Gasteiger partial charge < -0.3 is 15.2 Å². The molecule has 1 aromatic carbocycles. The lowest BCUT2D eigenvalue weighted by Gasteiger charge is -2.24. The second-order valence-corrected chi connectivity index (χ2v) is 6.99. The van der Waals surface area contributed by atoms with Crippen molar-refractivity contribution < 1.29 is 9.84 Å². The molecular weight excluding hydrogens is 274 g/mol. The average Bonchev–Trinajstić information content (AvgIpc) is 3.14. The fraction of sp³-hybridized carbons (Fsp3) is 0.625. The lowest BCUT2D eigenvalue weighted by atomic mass is 10.0. The van der Waals surface area contributed by atoms with Gasteiger partial charge in [0, 0.05) is 17.1 Å². The molecule has 1 aromatic rings. The maximum absolute atomic E-state index is 9.99. The van der Waals surface area contributed by atoms with Crippen LogP contribution in [0, 0.1) is 0 Å². The highest BCUT2D eigenvalue weighted by Gasteiger charge is 2.44. The molecule has 20 heavy (non-hydrogen) atoms. The number of ether oxygens (including phenoxy) is 1. The average molecular weight is 298 g/mol. The number of benzene rings is 1. The summed E-state index contributed by atoms with van der Waals surface area (Å²) in [7, 11) is 0. The molecule has 1 unspecified atom stereocenters. The number of rotatable bonds is 6. The molecule has 0 heterocycles. The summed E-state index contributed by atoms with van der Waals surface area (Å²) >= 11 is 6.04. The fourth-order valence-corrected chi connectivity index (χ4v) is 2.39. The molecule has 0 aromatic heterocycles. The maximum atomic E-state index is 9.99. The third-order valence-corrected chi connectivity index (χ3v) is 3.75. The van der Waals surface area contributed by atoms with Crippen molar-refractivity contribution in [3.63, 3.8) is 0 Å². The molecule has 4 heteroatoms. The van der Waals surface area contributed by atoms with Crippen molar-refractivity contribution in [3.05, 3.63) is 34.9 Å². The van der Waals surface area contributed by atoms with E-state index < -0.39 is 6.10 Å². The van der Waals surface area contributed by atoms with Crippen LogP contribution in [0.15, 0.2) is 24.3 Å². The first kappa shape index (κ1) is 15.8. The van der Waals surface area contributed by atoms with Crippen LogP contribution in [0.4, 0.5) is 0 Å². The topological polar surface area (TPSA) is 41.5 Å². The van der Waals surface area contributed by atoms with Gasteiger partial charge in [0.2, 0.25) is 0 Å². The minimum absolute atomic E-state index is 0.00634. The van der Waals surface area contributed by atoms with Gasteiger partial charge in [0.1, 0.15) is 0 Å². The monoisotopic (exact) mass is 297 g/mol. The van der Waals surface area contributed by atoms with Gasteiger partial charge in [-0.2, -0.15) is 0 Å². The fourth-order valence-electron chi connectivity index (χ4n) is 2.20. The summed E-state index contributed by atoms with van der Waals surface area (Å²) in [5.41, 5.74) is 0.979. The number of aliphatic hydroxyl groups excluding tert-OH is 1. The van der Waals surface area contributed by atoms with E-state index in [2.05, 4.69) is 11.4 Å². The largest absolute Gasteiger partial charge is 0.389 e. The smallest absolute Gasteiger partial charge is 0.0898 e. The van der Waals surface area contributed by atoms with Gasteiger partial charge in [-0.05, 0) is 51.3 Å².